The summed E-state index contributed by atoms with van der Waals surface area (Å²) in [4.78, 5) is 14.0. The number of likely N-dealkylation sites (tertiary alicyclic amines) is 1. The van der Waals surface area contributed by atoms with E-state index in [4.69, 9.17) is 0 Å². The highest BCUT2D eigenvalue weighted by molar-refractivity contribution is 7.89. The lowest BCUT2D eigenvalue weighted by Gasteiger charge is -2.32. The Morgan fingerprint density at radius 2 is 2.00 bits per heavy atom. The molecule has 1 amide bonds. The number of carbonyl (C=O) groups excluding carboxylic acids is 1. The molecule has 0 radical (unpaired) electrons. The van der Waals surface area contributed by atoms with Gasteiger partial charge in [0.1, 0.15) is 0 Å². The molecule has 1 aliphatic rings. The van der Waals surface area contributed by atoms with Gasteiger partial charge in [0.05, 0.1) is 4.90 Å². The predicted molar refractivity (Wildman–Crippen MR) is 86.1 cm³/mol. The van der Waals surface area contributed by atoms with Crippen molar-refractivity contribution in [2.45, 2.75) is 51.0 Å². The molecule has 1 heterocycles. The van der Waals surface area contributed by atoms with E-state index in [-0.39, 0.29) is 18.5 Å². The summed E-state index contributed by atoms with van der Waals surface area (Å²) < 4.78 is 27.6. The van der Waals surface area contributed by atoms with Crippen LogP contribution in [0.25, 0.3) is 0 Å². The Kier molecular flexibility index (Phi) is 5.24. The zero-order valence-corrected chi connectivity index (χ0v) is 14.2. The van der Waals surface area contributed by atoms with Crippen molar-refractivity contribution in [3.8, 4) is 0 Å². The second kappa shape index (κ2) is 6.79. The highest BCUT2D eigenvalue weighted by Crippen LogP contribution is 2.17. The van der Waals surface area contributed by atoms with Crippen LogP contribution in [-0.4, -0.2) is 38.4 Å². The molecule has 5 nitrogen and oxygen atoms in total. The standard InChI is InChI=1S/C16H24N2O3S/c1-12-7-8-13(2)15(10-12)22(20,21)17-11-14(3)18-9-5-4-6-16(18)19/h7-8,10,14,17H,4-6,9,11H2,1-3H3. The van der Waals surface area contributed by atoms with Crippen LogP contribution in [0, 0.1) is 13.8 Å². The quantitative estimate of drug-likeness (QED) is 0.900. The van der Waals surface area contributed by atoms with Crippen LogP contribution in [0.3, 0.4) is 0 Å². The molecular formula is C16H24N2O3S. The fourth-order valence-electron chi connectivity index (χ4n) is 2.71. The second-order valence-corrected chi connectivity index (χ2v) is 7.75. The topological polar surface area (TPSA) is 66.5 Å². The molecule has 6 heteroatoms. The van der Waals surface area contributed by atoms with E-state index in [0.717, 1.165) is 24.0 Å². The molecule has 0 saturated carbocycles. The molecular weight excluding hydrogens is 300 g/mol. The number of nitrogens with zero attached hydrogens (tertiary/aromatic N) is 1. The number of carbonyl (C=O) groups is 1. The largest absolute Gasteiger partial charge is 0.339 e. The summed E-state index contributed by atoms with van der Waals surface area (Å²) in [5.41, 5.74) is 1.63. The zero-order valence-electron chi connectivity index (χ0n) is 13.4. The summed E-state index contributed by atoms with van der Waals surface area (Å²) in [6, 6.07) is 5.24. The SMILES string of the molecule is Cc1ccc(C)c(S(=O)(=O)NCC(C)N2CCCCC2=O)c1. The number of sulfonamides is 1. The molecule has 0 spiro atoms. The van der Waals surface area contributed by atoms with Crippen LogP contribution < -0.4 is 4.72 Å². The van der Waals surface area contributed by atoms with E-state index < -0.39 is 10.0 Å². The van der Waals surface area contributed by atoms with Crippen molar-refractivity contribution < 1.29 is 13.2 Å². The maximum absolute atomic E-state index is 12.5. The monoisotopic (exact) mass is 324 g/mol. The lowest BCUT2D eigenvalue weighted by Crippen LogP contribution is -2.47. The molecule has 1 aromatic rings. The maximum atomic E-state index is 12.5. The Labute approximate surface area is 132 Å². The molecule has 0 aromatic heterocycles. The van der Waals surface area contributed by atoms with Gasteiger partial charge in [-0.3, -0.25) is 4.79 Å². The Hall–Kier alpha value is -1.40. The molecule has 0 aliphatic carbocycles. The van der Waals surface area contributed by atoms with Gasteiger partial charge in [0.25, 0.3) is 0 Å². The van der Waals surface area contributed by atoms with Gasteiger partial charge in [-0.25, -0.2) is 13.1 Å². The Morgan fingerprint density at radius 1 is 1.27 bits per heavy atom. The molecule has 1 aromatic carbocycles. The van der Waals surface area contributed by atoms with Gasteiger partial charge in [0.2, 0.25) is 15.9 Å². The van der Waals surface area contributed by atoms with Crippen molar-refractivity contribution in [2.75, 3.05) is 13.1 Å². The third kappa shape index (κ3) is 3.87. The number of aryl methyl sites for hydroxylation is 2. The number of rotatable bonds is 5. The van der Waals surface area contributed by atoms with Crippen molar-refractivity contribution in [3.05, 3.63) is 29.3 Å². The van der Waals surface area contributed by atoms with E-state index >= 15 is 0 Å². The lowest BCUT2D eigenvalue weighted by atomic mass is 10.1. The van der Waals surface area contributed by atoms with Gasteiger partial charge in [0.15, 0.2) is 0 Å². The Bertz CT molecular complexity index is 655. The summed E-state index contributed by atoms with van der Waals surface area (Å²) in [5.74, 6) is 0.115. The van der Waals surface area contributed by atoms with E-state index in [1.165, 1.54) is 0 Å². The average Bonchev–Trinajstić information content (AvgIpc) is 2.48. The molecule has 1 fully saturated rings. The van der Waals surface area contributed by atoms with Crippen molar-refractivity contribution in [3.63, 3.8) is 0 Å². The first kappa shape index (κ1) is 17.0. The highest BCUT2D eigenvalue weighted by atomic mass is 32.2. The number of piperidine rings is 1. The van der Waals surface area contributed by atoms with Gasteiger partial charge in [-0.2, -0.15) is 0 Å². The first-order chi connectivity index (χ1) is 10.3. The first-order valence-corrected chi connectivity index (χ1v) is 9.16. The normalized spacial score (nSPS) is 17.6. The van der Waals surface area contributed by atoms with Crippen LogP contribution in [0.2, 0.25) is 0 Å². The predicted octanol–water partition coefficient (Wildman–Crippen LogP) is 1.98. The van der Waals surface area contributed by atoms with Gasteiger partial charge >= 0.3 is 0 Å². The maximum Gasteiger partial charge on any atom is 0.240 e. The van der Waals surface area contributed by atoms with Gasteiger partial charge in [0, 0.05) is 25.6 Å². The van der Waals surface area contributed by atoms with E-state index in [9.17, 15) is 13.2 Å². The third-order valence-electron chi connectivity index (χ3n) is 4.09. The molecule has 2 rings (SSSR count). The lowest BCUT2D eigenvalue weighted by molar-refractivity contribution is -0.135. The van der Waals surface area contributed by atoms with Crippen molar-refractivity contribution in [1.82, 2.24) is 9.62 Å². The fraction of sp³-hybridized carbons (Fsp3) is 0.562. The number of benzene rings is 1. The van der Waals surface area contributed by atoms with Crippen LogP contribution in [0.1, 0.15) is 37.3 Å². The third-order valence-corrected chi connectivity index (χ3v) is 5.66. The molecule has 1 unspecified atom stereocenters. The summed E-state index contributed by atoms with van der Waals surface area (Å²) in [5, 5.41) is 0. The summed E-state index contributed by atoms with van der Waals surface area (Å²) in [6.07, 6.45) is 2.48. The number of hydrogen-bond acceptors (Lipinski definition) is 3. The first-order valence-electron chi connectivity index (χ1n) is 7.67. The van der Waals surface area contributed by atoms with Crippen LogP contribution in [0.5, 0.6) is 0 Å². The summed E-state index contributed by atoms with van der Waals surface area (Å²) >= 11 is 0. The molecule has 0 bridgehead atoms. The zero-order chi connectivity index (χ0) is 16.3. The van der Waals surface area contributed by atoms with Gasteiger partial charge in [-0.05, 0) is 50.8 Å². The minimum atomic E-state index is -3.55. The van der Waals surface area contributed by atoms with Crippen LogP contribution in [0.4, 0.5) is 0 Å². The van der Waals surface area contributed by atoms with E-state index in [1.54, 1.807) is 17.9 Å². The highest BCUT2D eigenvalue weighted by Gasteiger charge is 2.25. The molecule has 1 N–H and O–H groups in total. The number of hydrogen-bond donors (Lipinski definition) is 1. The van der Waals surface area contributed by atoms with Crippen molar-refractivity contribution in [1.29, 1.82) is 0 Å². The average molecular weight is 324 g/mol. The molecule has 1 aliphatic heterocycles. The van der Waals surface area contributed by atoms with E-state index in [0.29, 0.717) is 17.9 Å². The van der Waals surface area contributed by atoms with Gasteiger partial charge < -0.3 is 4.90 Å². The summed E-state index contributed by atoms with van der Waals surface area (Å²) in [6.45, 7) is 6.49. The molecule has 122 valence electrons. The van der Waals surface area contributed by atoms with E-state index in [2.05, 4.69) is 4.72 Å². The second-order valence-electron chi connectivity index (χ2n) is 6.01. The van der Waals surface area contributed by atoms with E-state index in [1.807, 2.05) is 26.0 Å². The van der Waals surface area contributed by atoms with Gasteiger partial charge in [-0.1, -0.05) is 12.1 Å². The Balaban J connectivity index is 2.06. The van der Waals surface area contributed by atoms with Crippen LogP contribution in [0.15, 0.2) is 23.1 Å². The molecule has 22 heavy (non-hydrogen) atoms. The van der Waals surface area contributed by atoms with Crippen molar-refractivity contribution in [2.24, 2.45) is 0 Å². The number of nitrogens with one attached hydrogen (secondary N) is 1. The summed E-state index contributed by atoms with van der Waals surface area (Å²) in [7, 11) is -3.55. The van der Waals surface area contributed by atoms with Crippen LogP contribution in [-0.2, 0) is 14.8 Å². The Morgan fingerprint density at radius 3 is 2.68 bits per heavy atom. The minimum Gasteiger partial charge on any atom is -0.339 e. The minimum absolute atomic E-state index is 0.115. The van der Waals surface area contributed by atoms with Gasteiger partial charge in [-0.15, -0.1) is 0 Å². The molecule has 1 atom stereocenters. The number of amides is 1. The van der Waals surface area contributed by atoms with Crippen molar-refractivity contribution >= 4 is 15.9 Å². The van der Waals surface area contributed by atoms with Crippen LogP contribution >= 0.6 is 0 Å². The molecule has 1 saturated heterocycles. The smallest absolute Gasteiger partial charge is 0.240 e. The fourth-order valence-corrected chi connectivity index (χ4v) is 4.16.